The van der Waals surface area contributed by atoms with Gasteiger partial charge < -0.3 is 9.47 Å². The van der Waals surface area contributed by atoms with Crippen molar-refractivity contribution in [2.24, 2.45) is 0 Å². The molecule has 0 unspecified atom stereocenters. The van der Waals surface area contributed by atoms with Crippen molar-refractivity contribution < 1.29 is 14.3 Å². The Morgan fingerprint density at radius 2 is 2.00 bits per heavy atom. The average molecular weight is 186 g/mol. The molecule has 0 aliphatic rings. The second kappa shape index (κ2) is 5.75. The second-order valence-corrected chi connectivity index (χ2v) is 2.95. The van der Waals surface area contributed by atoms with Crippen LogP contribution in [0.5, 0.6) is 0 Å². The average Bonchev–Trinajstić information content (AvgIpc) is 2.17. The number of carbonyl (C=O) groups is 1. The zero-order valence-electron chi connectivity index (χ0n) is 8.63. The van der Waals surface area contributed by atoms with E-state index in [4.69, 9.17) is 9.47 Å². The summed E-state index contributed by atoms with van der Waals surface area (Å²) in [7, 11) is 1.60. The Bertz CT molecular complexity index is 171. The SMILES string of the molecule is C=CC(=O)OC(CC)(CC)COC. The van der Waals surface area contributed by atoms with E-state index in [-0.39, 0.29) is 5.97 Å². The van der Waals surface area contributed by atoms with Gasteiger partial charge in [0.25, 0.3) is 0 Å². The zero-order valence-corrected chi connectivity index (χ0v) is 8.63. The maximum absolute atomic E-state index is 11.0. The number of methoxy groups -OCH3 is 1. The highest BCUT2D eigenvalue weighted by atomic mass is 16.6. The molecule has 0 aliphatic heterocycles. The van der Waals surface area contributed by atoms with Crippen molar-refractivity contribution in [3.63, 3.8) is 0 Å². The van der Waals surface area contributed by atoms with Crippen LogP contribution in [0.25, 0.3) is 0 Å². The molecule has 0 saturated heterocycles. The highest BCUT2D eigenvalue weighted by molar-refractivity contribution is 5.81. The van der Waals surface area contributed by atoms with Crippen molar-refractivity contribution in [3.8, 4) is 0 Å². The van der Waals surface area contributed by atoms with Crippen molar-refractivity contribution in [1.82, 2.24) is 0 Å². The predicted molar refractivity (Wildman–Crippen MR) is 51.5 cm³/mol. The summed E-state index contributed by atoms with van der Waals surface area (Å²) in [5, 5.41) is 0. The Morgan fingerprint density at radius 3 is 2.31 bits per heavy atom. The molecule has 76 valence electrons. The Balaban J connectivity index is 4.36. The van der Waals surface area contributed by atoms with Crippen molar-refractivity contribution in [3.05, 3.63) is 12.7 Å². The summed E-state index contributed by atoms with van der Waals surface area (Å²) in [6.45, 7) is 7.73. The molecule has 0 aromatic carbocycles. The van der Waals surface area contributed by atoms with Crippen LogP contribution < -0.4 is 0 Å². The molecule has 0 aromatic heterocycles. The fourth-order valence-electron chi connectivity index (χ4n) is 1.15. The Hall–Kier alpha value is -0.830. The van der Waals surface area contributed by atoms with E-state index in [1.54, 1.807) is 7.11 Å². The maximum Gasteiger partial charge on any atom is 0.330 e. The van der Waals surface area contributed by atoms with Crippen LogP contribution in [0.4, 0.5) is 0 Å². The summed E-state index contributed by atoms with van der Waals surface area (Å²) in [5.41, 5.74) is -0.486. The zero-order chi connectivity index (χ0) is 10.3. The number of hydrogen-bond acceptors (Lipinski definition) is 3. The monoisotopic (exact) mass is 186 g/mol. The Kier molecular flexibility index (Phi) is 5.39. The molecule has 3 heteroatoms. The molecule has 0 saturated carbocycles. The van der Waals surface area contributed by atoms with E-state index >= 15 is 0 Å². The van der Waals surface area contributed by atoms with E-state index in [1.165, 1.54) is 6.08 Å². The molecule has 0 amide bonds. The number of hydrogen-bond donors (Lipinski definition) is 0. The van der Waals surface area contributed by atoms with Gasteiger partial charge in [0.1, 0.15) is 5.60 Å². The van der Waals surface area contributed by atoms with Gasteiger partial charge in [0.05, 0.1) is 6.61 Å². The quantitative estimate of drug-likeness (QED) is 0.469. The molecule has 0 aliphatic carbocycles. The minimum Gasteiger partial charge on any atom is -0.453 e. The van der Waals surface area contributed by atoms with Gasteiger partial charge in [-0.05, 0) is 12.8 Å². The van der Waals surface area contributed by atoms with Crippen molar-refractivity contribution in [2.45, 2.75) is 32.3 Å². The van der Waals surface area contributed by atoms with Gasteiger partial charge in [0.15, 0.2) is 0 Å². The summed E-state index contributed by atoms with van der Waals surface area (Å²) in [6, 6.07) is 0. The first-order valence-corrected chi connectivity index (χ1v) is 4.48. The van der Waals surface area contributed by atoms with Gasteiger partial charge in [-0.3, -0.25) is 0 Å². The fraction of sp³-hybridized carbons (Fsp3) is 0.700. The largest absolute Gasteiger partial charge is 0.453 e. The summed E-state index contributed by atoms with van der Waals surface area (Å²) < 4.78 is 10.3. The van der Waals surface area contributed by atoms with Gasteiger partial charge >= 0.3 is 5.97 Å². The molecule has 0 atom stereocenters. The van der Waals surface area contributed by atoms with E-state index in [0.29, 0.717) is 6.61 Å². The standard InChI is InChI=1S/C10H18O3/c1-5-9(11)13-10(6-2,7-3)8-12-4/h5H,1,6-8H2,2-4H3. The molecule has 0 radical (unpaired) electrons. The molecule has 0 bridgehead atoms. The van der Waals surface area contributed by atoms with Crippen LogP contribution in [0, 0.1) is 0 Å². The van der Waals surface area contributed by atoms with Gasteiger partial charge in [-0.25, -0.2) is 4.79 Å². The van der Waals surface area contributed by atoms with Crippen LogP contribution in [0.3, 0.4) is 0 Å². The fourth-order valence-corrected chi connectivity index (χ4v) is 1.15. The third-order valence-electron chi connectivity index (χ3n) is 2.18. The molecule has 0 aromatic rings. The molecule has 0 N–H and O–H groups in total. The second-order valence-electron chi connectivity index (χ2n) is 2.95. The normalized spacial score (nSPS) is 11.0. The van der Waals surface area contributed by atoms with Gasteiger partial charge in [-0.2, -0.15) is 0 Å². The first-order chi connectivity index (χ1) is 6.14. The van der Waals surface area contributed by atoms with Crippen molar-refractivity contribution in [1.29, 1.82) is 0 Å². The van der Waals surface area contributed by atoms with Crippen LogP contribution in [0.1, 0.15) is 26.7 Å². The van der Waals surface area contributed by atoms with Crippen LogP contribution in [0.2, 0.25) is 0 Å². The lowest BCUT2D eigenvalue weighted by molar-refractivity contribution is -0.160. The summed E-state index contributed by atoms with van der Waals surface area (Å²) >= 11 is 0. The summed E-state index contributed by atoms with van der Waals surface area (Å²) in [6.07, 6.45) is 2.67. The molecule has 13 heavy (non-hydrogen) atoms. The van der Waals surface area contributed by atoms with Crippen LogP contribution in [-0.2, 0) is 14.3 Å². The molecule has 0 heterocycles. The third-order valence-corrected chi connectivity index (χ3v) is 2.18. The number of carbonyl (C=O) groups excluding carboxylic acids is 1. The molecule has 3 nitrogen and oxygen atoms in total. The Morgan fingerprint density at radius 1 is 1.46 bits per heavy atom. The van der Waals surface area contributed by atoms with Gasteiger partial charge in [-0.1, -0.05) is 20.4 Å². The van der Waals surface area contributed by atoms with E-state index < -0.39 is 5.60 Å². The molecule has 0 fully saturated rings. The lowest BCUT2D eigenvalue weighted by Gasteiger charge is -2.30. The van der Waals surface area contributed by atoms with Gasteiger partial charge in [0.2, 0.25) is 0 Å². The van der Waals surface area contributed by atoms with E-state index in [9.17, 15) is 4.79 Å². The van der Waals surface area contributed by atoms with Crippen molar-refractivity contribution >= 4 is 5.97 Å². The molecule has 0 spiro atoms. The topological polar surface area (TPSA) is 35.5 Å². The molecular formula is C10H18O3. The van der Waals surface area contributed by atoms with Gasteiger partial charge in [0, 0.05) is 13.2 Å². The molecule has 0 rings (SSSR count). The third kappa shape index (κ3) is 3.59. The highest BCUT2D eigenvalue weighted by Gasteiger charge is 2.29. The van der Waals surface area contributed by atoms with E-state index in [0.717, 1.165) is 12.8 Å². The highest BCUT2D eigenvalue weighted by Crippen LogP contribution is 2.21. The summed E-state index contributed by atoms with van der Waals surface area (Å²) in [4.78, 5) is 11.0. The van der Waals surface area contributed by atoms with E-state index in [1.807, 2.05) is 13.8 Å². The predicted octanol–water partition coefficient (Wildman–Crippen LogP) is 1.92. The minimum absolute atomic E-state index is 0.388. The first kappa shape index (κ1) is 12.2. The number of ether oxygens (including phenoxy) is 2. The van der Waals surface area contributed by atoms with Crippen molar-refractivity contribution in [2.75, 3.05) is 13.7 Å². The Labute approximate surface area is 79.7 Å². The number of esters is 1. The van der Waals surface area contributed by atoms with Crippen LogP contribution in [0.15, 0.2) is 12.7 Å². The van der Waals surface area contributed by atoms with E-state index in [2.05, 4.69) is 6.58 Å². The lowest BCUT2D eigenvalue weighted by Crippen LogP contribution is -2.38. The number of rotatable bonds is 6. The maximum atomic E-state index is 11.0. The smallest absolute Gasteiger partial charge is 0.330 e. The van der Waals surface area contributed by atoms with Crippen LogP contribution >= 0.6 is 0 Å². The van der Waals surface area contributed by atoms with Gasteiger partial charge in [-0.15, -0.1) is 0 Å². The molecular weight excluding hydrogens is 168 g/mol. The van der Waals surface area contributed by atoms with Crippen LogP contribution in [-0.4, -0.2) is 25.3 Å². The minimum atomic E-state index is -0.486. The lowest BCUT2D eigenvalue weighted by atomic mass is 9.98. The first-order valence-electron chi connectivity index (χ1n) is 4.48. The summed E-state index contributed by atoms with van der Waals surface area (Å²) in [5.74, 6) is -0.388.